The molecule has 3 aliphatic heterocycles. The average Bonchev–Trinajstić information content (AvgIpc) is 2.52. The van der Waals surface area contributed by atoms with Crippen molar-refractivity contribution in [3.05, 3.63) is 28.8 Å². The summed E-state index contributed by atoms with van der Waals surface area (Å²) in [5.41, 5.74) is 2.25. The van der Waals surface area contributed by atoms with Gasteiger partial charge in [-0.2, -0.15) is 0 Å². The summed E-state index contributed by atoms with van der Waals surface area (Å²) in [7, 11) is 0. The van der Waals surface area contributed by atoms with Gasteiger partial charge in [0.25, 0.3) is 0 Å². The van der Waals surface area contributed by atoms with Gasteiger partial charge in [-0.15, -0.1) is 0 Å². The van der Waals surface area contributed by atoms with Gasteiger partial charge in [-0.3, -0.25) is 4.79 Å². The van der Waals surface area contributed by atoms with Crippen LogP contribution >= 0.6 is 0 Å². The molecule has 3 heterocycles. The van der Waals surface area contributed by atoms with Crippen molar-refractivity contribution in [3.8, 4) is 17.2 Å². The molecule has 0 bridgehead atoms. The van der Waals surface area contributed by atoms with E-state index in [9.17, 15) is 4.79 Å². The molecule has 0 radical (unpaired) electrons. The second-order valence-corrected chi connectivity index (χ2v) is 5.59. The van der Waals surface area contributed by atoms with Gasteiger partial charge >= 0.3 is 0 Å². The Hall–Kier alpha value is -2.23. The van der Waals surface area contributed by atoms with Gasteiger partial charge in [0.05, 0.1) is 17.0 Å². The number of benzene rings is 1. The number of ketones is 1. The van der Waals surface area contributed by atoms with Crippen LogP contribution in [0.2, 0.25) is 0 Å². The summed E-state index contributed by atoms with van der Waals surface area (Å²) in [6.45, 7) is 4.80. The van der Waals surface area contributed by atoms with Gasteiger partial charge in [0.1, 0.15) is 42.1 Å². The van der Waals surface area contributed by atoms with Crippen LogP contribution < -0.4 is 14.2 Å². The van der Waals surface area contributed by atoms with Gasteiger partial charge in [-0.1, -0.05) is 6.92 Å². The van der Waals surface area contributed by atoms with Crippen LogP contribution in [0.15, 0.2) is 12.2 Å². The van der Waals surface area contributed by atoms with Crippen molar-refractivity contribution in [1.82, 2.24) is 0 Å². The number of hydrogen-bond donors (Lipinski definition) is 0. The molecule has 3 aliphatic rings. The van der Waals surface area contributed by atoms with Gasteiger partial charge in [-0.05, 0) is 31.2 Å². The molecule has 0 spiro atoms. The first-order valence-electron chi connectivity index (χ1n) is 7.22. The minimum absolute atomic E-state index is 0.0806. The first-order valence-corrected chi connectivity index (χ1v) is 7.22. The monoisotopic (exact) mass is 284 g/mol. The number of hydrogen-bond acceptors (Lipinski definition) is 4. The van der Waals surface area contributed by atoms with Gasteiger partial charge in [0, 0.05) is 0 Å². The number of ether oxygens (including phenoxy) is 3. The van der Waals surface area contributed by atoms with Crippen LogP contribution in [-0.4, -0.2) is 25.1 Å². The van der Waals surface area contributed by atoms with Gasteiger partial charge < -0.3 is 14.2 Å². The lowest BCUT2D eigenvalue weighted by molar-refractivity contribution is 0.0721. The van der Waals surface area contributed by atoms with E-state index in [2.05, 4.69) is 0 Å². The van der Waals surface area contributed by atoms with E-state index in [0.717, 1.165) is 16.9 Å². The summed E-state index contributed by atoms with van der Waals surface area (Å²) in [6.07, 6.45) is 7.64. The zero-order valence-electron chi connectivity index (χ0n) is 12.0. The molecule has 0 aliphatic carbocycles. The highest BCUT2D eigenvalue weighted by atomic mass is 16.5. The third kappa shape index (κ3) is 1.65. The van der Waals surface area contributed by atoms with Crippen LogP contribution in [0.4, 0.5) is 0 Å². The number of Topliss-reactive ketones (excluding diaryl/α,β-unsaturated/α-hetero) is 1. The lowest BCUT2D eigenvalue weighted by Crippen LogP contribution is -2.35. The molecule has 0 saturated carbocycles. The second-order valence-electron chi connectivity index (χ2n) is 5.59. The van der Waals surface area contributed by atoms with E-state index in [1.165, 1.54) is 0 Å². The maximum Gasteiger partial charge on any atom is 0.176 e. The highest BCUT2D eigenvalue weighted by molar-refractivity contribution is 6.07. The Morgan fingerprint density at radius 2 is 1.57 bits per heavy atom. The first-order chi connectivity index (χ1) is 10.2. The maximum atomic E-state index is 12.7. The third-order valence-electron chi connectivity index (χ3n) is 4.32. The molecule has 4 rings (SSSR count). The third-order valence-corrected chi connectivity index (χ3v) is 4.32. The fourth-order valence-corrected chi connectivity index (χ4v) is 3.00. The second kappa shape index (κ2) is 4.38. The highest BCUT2D eigenvalue weighted by Gasteiger charge is 2.39. The highest BCUT2D eigenvalue weighted by Crippen LogP contribution is 2.50. The predicted octanol–water partition coefficient (Wildman–Crippen LogP) is 3.10. The summed E-state index contributed by atoms with van der Waals surface area (Å²) < 4.78 is 17.5. The molecule has 0 unspecified atom stereocenters. The van der Waals surface area contributed by atoms with E-state index in [1.54, 1.807) is 0 Å². The van der Waals surface area contributed by atoms with Crippen molar-refractivity contribution in [3.63, 3.8) is 0 Å². The van der Waals surface area contributed by atoms with Crippen molar-refractivity contribution in [2.75, 3.05) is 13.2 Å². The molecule has 108 valence electrons. The van der Waals surface area contributed by atoms with E-state index >= 15 is 0 Å². The fourth-order valence-electron chi connectivity index (χ4n) is 3.00. The van der Waals surface area contributed by atoms with E-state index in [0.29, 0.717) is 30.3 Å². The van der Waals surface area contributed by atoms with Crippen LogP contribution in [0.3, 0.4) is 0 Å². The molecule has 0 N–H and O–H groups in total. The van der Waals surface area contributed by atoms with E-state index < -0.39 is 0 Å². The van der Waals surface area contributed by atoms with Crippen molar-refractivity contribution < 1.29 is 19.0 Å². The minimum atomic E-state index is -0.178. The maximum absolute atomic E-state index is 12.7. The predicted molar refractivity (Wildman–Crippen MR) is 79.1 cm³/mol. The van der Waals surface area contributed by atoms with Crippen LogP contribution in [0.25, 0.3) is 12.2 Å². The Kier molecular flexibility index (Phi) is 2.61. The van der Waals surface area contributed by atoms with Crippen LogP contribution in [0.1, 0.15) is 35.3 Å². The molecule has 2 atom stereocenters. The Bertz CT molecular complexity index is 699. The van der Waals surface area contributed by atoms with E-state index in [1.807, 2.05) is 38.2 Å². The van der Waals surface area contributed by atoms with E-state index in [-0.39, 0.29) is 17.8 Å². The molecule has 21 heavy (non-hydrogen) atoms. The molecular weight excluding hydrogens is 268 g/mol. The zero-order chi connectivity index (χ0) is 14.6. The van der Waals surface area contributed by atoms with Crippen molar-refractivity contribution in [2.24, 2.45) is 5.92 Å². The summed E-state index contributed by atoms with van der Waals surface area (Å²) >= 11 is 0. The largest absolute Gasteiger partial charge is 0.488 e. The van der Waals surface area contributed by atoms with Crippen LogP contribution in [0.5, 0.6) is 17.2 Å². The topological polar surface area (TPSA) is 44.8 Å². The lowest BCUT2D eigenvalue weighted by Gasteiger charge is -2.33. The Morgan fingerprint density at radius 3 is 2.29 bits per heavy atom. The quantitative estimate of drug-likeness (QED) is 0.734. The fraction of sp³-hybridized carbons (Fsp3) is 0.353. The number of carbonyl (C=O) groups is 1. The molecule has 0 amide bonds. The number of rotatable bonds is 0. The summed E-state index contributed by atoms with van der Waals surface area (Å²) in [6, 6.07) is 0. The standard InChI is InChI=1S/C17H16O4/c1-9-10(2)21-17-12-6-4-7-19-15(12)11-5-3-8-20-16(11)13(17)14(9)18/h3-6,9-10H,7-8H2,1-2H3/t9-,10-/m1/s1. The van der Waals surface area contributed by atoms with Crippen LogP contribution in [0, 0.1) is 5.92 Å². The average molecular weight is 284 g/mol. The molecule has 1 aromatic rings. The Balaban J connectivity index is 2.07. The van der Waals surface area contributed by atoms with Crippen molar-refractivity contribution >= 4 is 17.9 Å². The molecule has 1 aromatic carbocycles. The SMILES string of the molecule is C[C@H]1Oc2c3c(c4c(c2C(=O)[C@@H]1C)OCC=C4)OCC=C3. The molecular formula is C17H16O4. The Morgan fingerprint density at radius 1 is 0.952 bits per heavy atom. The van der Waals surface area contributed by atoms with Gasteiger partial charge in [0.15, 0.2) is 5.78 Å². The number of fused-ring (bicyclic) bond motifs is 6. The summed E-state index contributed by atoms with van der Waals surface area (Å²) in [5.74, 6) is 1.85. The lowest BCUT2D eigenvalue weighted by atomic mass is 9.86. The van der Waals surface area contributed by atoms with Gasteiger partial charge in [-0.25, -0.2) is 0 Å². The summed E-state index contributed by atoms with van der Waals surface area (Å²) in [5, 5.41) is 0. The van der Waals surface area contributed by atoms with Crippen LogP contribution in [-0.2, 0) is 0 Å². The molecule has 0 fully saturated rings. The molecule has 0 saturated heterocycles. The minimum Gasteiger partial charge on any atom is -0.488 e. The summed E-state index contributed by atoms with van der Waals surface area (Å²) in [4.78, 5) is 12.7. The van der Waals surface area contributed by atoms with E-state index in [4.69, 9.17) is 14.2 Å². The molecule has 0 aromatic heterocycles. The molecule has 4 nitrogen and oxygen atoms in total. The smallest absolute Gasteiger partial charge is 0.176 e. The van der Waals surface area contributed by atoms with Gasteiger partial charge in [0.2, 0.25) is 0 Å². The Labute approximate surface area is 123 Å². The zero-order valence-corrected chi connectivity index (χ0v) is 12.0. The first kappa shape index (κ1) is 12.5. The molecule has 4 heteroatoms. The van der Waals surface area contributed by atoms with Crippen molar-refractivity contribution in [1.29, 1.82) is 0 Å². The van der Waals surface area contributed by atoms with Crippen molar-refractivity contribution in [2.45, 2.75) is 20.0 Å². The number of carbonyl (C=O) groups excluding carboxylic acids is 1. The normalized spacial score (nSPS) is 25.1.